The van der Waals surface area contributed by atoms with E-state index in [1.54, 1.807) is 52.5 Å². The Kier molecular flexibility index (Phi) is 10.3. The summed E-state index contributed by atoms with van der Waals surface area (Å²) >= 11 is 0. The highest BCUT2D eigenvalue weighted by Gasteiger charge is 2.37. The van der Waals surface area contributed by atoms with Crippen LogP contribution in [0.2, 0.25) is 0 Å². The van der Waals surface area contributed by atoms with Crippen molar-refractivity contribution in [2.75, 3.05) is 6.54 Å². The number of aryl methyl sites for hydroxylation is 1. The van der Waals surface area contributed by atoms with Crippen LogP contribution >= 0.6 is 0 Å². The number of aromatic nitrogens is 2. The summed E-state index contributed by atoms with van der Waals surface area (Å²) in [4.78, 5) is 35.3. The molecule has 0 spiro atoms. The monoisotopic (exact) mass is 633 g/mol. The van der Waals surface area contributed by atoms with Crippen LogP contribution in [0.25, 0.3) is 11.4 Å². The molecule has 0 bridgehead atoms. The minimum Gasteiger partial charge on any atom is -0.444 e. The molecule has 2 heterocycles. The average molecular weight is 634 g/mol. The van der Waals surface area contributed by atoms with Crippen molar-refractivity contribution in [3.63, 3.8) is 0 Å². The molecule has 1 aliphatic carbocycles. The lowest BCUT2D eigenvalue weighted by atomic mass is 9.92. The summed E-state index contributed by atoms with van der Waals surface area (Å²) in [6.07, 6.45) is 1.93. The minimum atomic E-state index is -4.55. The average Bonchev–Trinajstić information content (AvgIpc) is 3.59. The van der Waals surface area contributed by atoms with Gasteiger partial charge in [0.25, 0.3) is 0 Å². The third-order valence-electron chi connectivity index (χ3n) is 7.23. The first kappa shape index (κ1) is 34.0. The van der Waals surface area contributed by atoms with E-state index < -0.39 is 41.2 Å². The number of aliphatic imine (C=N–C) groups is 1. The number of benzene rings is 1. The largest absolute Gasteiger partial charge is 0.444 e. The Bertz CT molecular complexity index is 1440. The number of nitrogens with one attached hydrogen (secondary N) is 1. The van der Waals surface area contributed by atoms with Crippen molar-refractivity contribution in [2.45, 2.75) is 116 Å². The Morgan fingerprint density at radius 2 is 1.78 bits per heavy atom. The van der Waals surface area contributed by atoms with E-state index in [9.17, 15) is 22.8 Å². The second-order valence-electron chi connectivity index (χ2n) is 13.3. The van der Waals surface area contributed by atoms with Crippen LogP contribution < -0.4 is 5.32 Å². The molecule has 45 heavy (non-hydrogen) atoms. The van der Waals surface area contributed by atoms with Crippen molar-refractivity contribution >= 4 is 18.1 Å². The Hall–Kier alpha value is -3.90. The number of alkyl halides is 3. The highest BCUT2D eigenvalue weighted by molar-refractivity contribution is 5.99. The number of carbonyl (C=O) groups excluding carboxylic acids is 2. The van der Waals surface area contributed by atoms with Crippen LogP contribution in [0.4, 0.5) is 22.8 Å². The molecule has 1 aromatic carbocycles. The van der Waals surface area contributed by atoms with E-state index in [0.29, 0.717) is 32.2 Å². The number of carbonyl (C=O) groups is 2. The number of rotatable bonds is 5. The Morgan fingerprint density at radius 1 is 1.04 bits per heavy atom. The normalized spacial score (nSPS) is 18.1. The first-order chi connectivity index (χ1) is 21.0. The standard InChI is InChI=1S/C32H42F3N5O5/c1-30(2,3)43-28(41)37-27(38-29(42)44-31(4,5)6)40-18-10-13-24(40)26-36-25(39-45-26)22-17-16-21(23(19-22)32(33,34)35)15-14-20-11-8-7-9-12-20/h11,16-17,19,24H,7-10,12-15,18H2,1-6H3,(H,37,38,41,42). The van der Waals surface area contributed by atoms with Crippen LogP contribution in [-0.2, 0) is 22.1 Å². The number of alkyl carbamates (subject to hydrolysis) is 1. The molecule has 1 atom stereocenters. The quantitative estimate of drug-likeness (QED) is 0.199. The number of guanidine groups is 1. The molecule has 2 amide bonds. The molecule has 10 nitrogen and oxygen atoms in total. The van der Waals surface area contributed by atoms with E-state index in [4.69, 9.17) is 14.0 Å². The molecule has 246 valence electrons. The molecule has 1 saturated heterocycles. The summed E-state index contributed by atoms with van der Waals surface area (Å²) in [6, 6.07) is 3.49. The minimum absolute atomic E-state index is 0.00498. The molecule has 1 aromatic heterocycles. The molecule has 1 aliphatic heterocycles. The second kappa shape index (κ2) is 13.6. The number of hydrogen-bond donors (Lipinski definition) is 1. The number of nitrogens with zero attached hydrogens (tertiary/aromatic N) is 4. The second-order valence-corrected chi connectivity index (χ2v) is 13.3. The van der Waals surface area contributed by atoms with Crippen LogP contribution in [0.15, 0.2) is 39.4 Å². The summed E-state index contributed by atoms with van der Waals surface area (Å²) in [5.41, 5.74) is -0.778. The van der Waals surface area contributed by atoms with Gasteiger partial charge in [-0.1, -0.05) is 28.9 Å². The van der Waals surface area contributed by atoms with Crippen molar-refractivity contribution in [3.8, 4) is 11.4 Å². The Labute approximate surface area is 261 Å². The summed E-state index contributed by atoms with van der Waals surface area (Å²) in [5.74, 6) is -0.0283. The van der Waals surface area contributed by atoms with Gasteiger partial charge in [0.1, 0.15) is 17.2 Å². The van der Waals surface area contributed by atoms with E-state index in [1.807, 2.05) is 0 Å². The molecule has 2 aromatic rings. The fraction of sp³-hybridized carbons (Fsp3) is 0.594. The molecule has 0 radical (unpaired) electrons. The lowest BCUT2D eigenvalue weighted by molar-refractivity contribution is -0.138. The number of allylic oxidation sites excluding steroid dienone is 2. The maximum atomic E-state index is 14.1. The molecule has 1 fully saturated rings. The molecule has 13 heteroatoms. The lowest BCUT2D eigenvalue weighted by Crippen LogP contribution is -2.46. The van der Waals surface area contributed by atoms with E-state index >= 15 is 0 Å². The van der Waals surface area contributed by atoms with Gasteiger partial charge in [0, 0.05) is 12.1 Å². The van der Waals surface area contributed by atoms with Crippen LogP contribution in [0.3, 0.4) is 0 Å². The van der Waals surface area contributed by atoms with Gasteiger partial charge in [-0.2, -0.15) is 18.2 Å². The van der Waals surface area contributed by atoms with Crippen molar-refractivity contribution in [1.29, 1.82) is 0 Å². The third kappa shape index (κ3) is 9.79. The first-order valence-corrected chi connectivity index (χ1v) is 15.3. The number of amides is 2. The first-order valence-electron chi connectivity index (χ1n) is 15.3. The van der Waals surface area contributed by atoms with E-state index in [2.05, 4.69) is 26.5 Å². The smallest absolute Gasteiger partial charge is 0.437 e. The van der Waals surface area contributed by atoms with Crippen molar-refractivity contribution in [2.24, 2.45) is 4.99 Å². The zero-order valence-corrected chi connectivity index (χ0v) is 26.7. The van der Waals surface area contributed by atoms with E-state index in [-0.39, 0.29) is 28.8 Å². The molecular weight excluding hydrogens is 591 g/mol. The Balaban J connectivity index is 1.59. The number of likely N-dealkylation sites (tertiary alicyclic amines) is 1. The number of halogens is 3. The third-order valence-corrected chi connectivity index (χ3v) is 7.23. The zero-order valence-electron chi connectivity index (χ0n) is 26.7. The number of hydrogen-bond acceptors (Lipinski definition) is 7. The van der Waals surface area contributed by atoms with Gasteiger partial charge >= 0.3 is 18.4 Å². The molecule has 1 N–H and O–H groups in total. The van der Waals surface area contributed by atoms with Gasteiger partial charge in [0.15, 0.2) is 0 Å². The van der Waals surface area contributed by atoms with Crippen LogP contribution in [0.1, 0.15) is 110 Å². The van der Waals surface area contributed by atoms with E-state index in [1.165, 1.54) is 11.6 Å². The molecular formula is C32H42F3N5O5. The van der Waals surface area contributed by atoms with Crippen LogP contribution in [-0.4, -0.2) is 50.9 Å². The van der Waals surface area contributed by atoms with Crippen molar-refractivity contribution in [1.82, 2.24) is 20.4 Å². The van der Waals surface area contributed by atoms with Gasteiger partial charge in [-0.3, -0.25) is 5.32 Å². The van der Waals surface area contributed by atoms with E-state index in [0.717, 1.165) is 31.7 Å². The summed E-state index contributed by atoms with van der Waals surface area (Å²) in [5, 5.41) is 6.51. The summed E-state index contributed by atoms with van der Waals surface area (Å²) in [6.45, 7) is 10.5. The van der Waals surface area contributed by atoms with Crippen LogP contribution in [0.5, 0.6) is 0 Å². The predicted molar refractivity (Wildman–Crippen MR) is 161 cm³/mol. The topological polar surface area (TPSA) is 119 Å². The van der Waals surface area contributed by atoms with Gasteiger partial charge < -0.3 is 18.9 Å². The summed E-state index contributed by atoms with van der Waals surface area (Å²) < 4.78 is 58.6. The predicted octanol–water partition coefficient (Wildman–Crippen LogP) is 8.14. The van der Waals surface area contributed by atoms with Crippen molar-refractivity contribution in [3.05, 3.63) is 46.9 Å². The van der Waals surface area contributed by atoms with Gasteiger partial charge in [0.2, 0.25) is 17.7 Å². The highest BCUT2D eigenvalue weighted by atomic mass is 19.4. The van der Waals surface area contributed by atoms with Gasteiger partial charge in [-0.25, -0.2) is 9.59 Å². The molecule has 2 aliphatic rings. The molecule has 4 rings (SSSR count). The van der Waals surface area contributed by atoms with Gasteiger partial charge in [0.05, 0.1) is 5.56 Å². The fourth-order valence-corrected chi connectivity index (χ4v) is 5.32. The maximum Gasteiger partial charge on any atom is 0.437 e. The lowest BCUT2D eigenvalue weighted by Gasteiger charge is -2.27. The molecule has 0 saturated carbocycles. The zero-order chi connectivity index (χ0) is 33.0. The summed E-state index contributed by atoms with van der Waals surface area (Å²) in [7, 11) is 0. The fourth-order valence-electron chi connectivity index (χ4n) is 5.32. The van der Waals surface area contributed by atoms with Crippen LogP contribution in [0, 0.1) is 0 Å². The highest BCUT2D eigenvalue weighted by Crippen LogP contribution is 2.37. The Morgan fingerprint density at radius 3 is 2.42 bits per heavy atom. The SMILES string of the molecule is CC(C)(C)OC(=O)N=C(NC(=O)OC(C)(C)C)N1CCCC1c1nc(-c2ccc(CCC3=CCCCC3)c(C(F)(F)F)c2)no1. The van der Waals surface area contributed by atoms with Gasteiger partial charge in [-0.15, -0.1) is 4.99 Å². The van der Waals surface area contributed by atoms with Gasteiger partial charge in [-0.05, 0) is 105 Å². The maximum absolute atomic E-state index is 14.1. The number of ether oxygens (including phenoxy) is 2. The van der Waals surface area contributed by atoms with Crippen molar-refractivity contribution < 1.29 is 36.8 Å². The molecule has 1 unspecified atom stereocenters.